The highest BCUT2D eigenvalue weighted by Crippen LogP contribution is 2.38. The number of hydrogen-bond acceptors (Lipinski definition) is 2. The van der Waals surface area contributed by atoms with Crippen molar-refractivity contribution in [3.63, 3.8) is 0 Å². The molecule has 2 nitrogen and oxygen atoms in total. The Kier molecular flexibility index (Phi) is 5.18. The first-order valence-corrected chi connectivity index (χ1v) is 8.72. The molecule has 0 spiro atoms. The number of nitrogens with one attached hydrogen (secondary N) is 1. The first-order valence-electron chi connectivity index (χ1n) is 8.72. The topological polar surface area (TPSA) is 21.3 Å². The lowest BCUT2D eigenvalue weighted by Gasteiger charge is -2.37. The summed E-state index contributed by atoms with van der Waals surface area (Å²) >= 11 is 0. The fourth-order valence-corrected chi connectivity index (χ4v) is 3.92. The van der Waals surface area contributed by atoms with Gasteiger partial charge in [-0.05, 0) is 55.3 Å². The molecule has 0 aromatic heterocycles. The van der Waals surface area contributed by atoms with Crippen LogP contribution in [0.3, 0.4) is 0 Å². The van der Waals surface area contributed by atoms with E-state index in [2.05, 4.69) is 23.5 Å². The van der Waals surface area contributed by atoms with E-state index >= 15 is 0 Å². The van der Waals surface area contributed by atoms with Crippen LogP contribution in [0, 0.1) is 5.92 Å². The lowest BCUT2D eigenvalue weighted by Crippen LogP contribution is -2.40. The Morgan fingerprint density at radius 1 is 1.14 bits per heavy atom. The van der Waals surface area contributed by atoms with E-state index in [-0.39, 0.29) is 0 Å². The van der Waals surface area contributed by atoms with Gasteiger partial charge in [-0.3, -0.25) is 0 Å². The van der Waals surface area contributed by atoms with Crippen LogP contribution in [0.25, 0.3) is 0 Å². The van der Waals surface area contributed by atoms with Crippen LogP contribution in [-0.2, 0) is 0 Å². The molecule has 0 bridgehead atoms. The average Bonchev–Trinajstić information content (AvgIpc) is 2.50. The highest BCUT2D eigenvalue weighted by molar-refractivity contribution is 5.32. The van der Waals surface area contributed by atoms with Crippen molar-refractivity contribution in [2.24, 2.45) is 5.92 Å². The monoisotopic (exact) mass is 287 g/mol. The van der Waals surface area contributed by atoms with Crippen molar-refractivity contribution in [1.82, 2.24) is 5.32 Å². The molecule has 116 valence electrons. The van der Waals surface area contributed by atoms with E-state index < -0.39 is 0 Å². The van der Waals surface area contributed by atoms with Crippen molar-refractivity contribution in [2.45, 2.75) is 63.3 Å². The van der Waals surface area contributed by atoms with Crippen LogP contribution >= 0.6 is 0 Å². The molecule has 2 fully saturated rings. The Bertz CT molecular complexity index is 433. The summed E-state index contributed by atoms with van der Waals surface area (Å²) in [6, 6.07) is 9.32. The van der Waals surface area contributed by atoms with Gasteiger partial charge in [-0.25, -0.2) is 0 Å². The quantitative estimate of drug-likeness (QED) is 0.831. The summed E-state index contributed by atoms with van der Waals surface area (Å²) in [7, 11) is 1.75. The molecule has 0 amide bonds. The fourth-order valence-electron chi connectivity index (χ4n) is 3.92. The lowest BCUT2D eigenvalue weighted by atomic mass is 9.75. The molecule has 0 atom stereocenters. The molecular formula is C19H29NO. The first-order chi connectivity index (χ1) is 10.3. The van der Waals surface area contributed by atoms with Crippen molar-refractivity contribution >= 4 is 0 Å². The zero-order chi connectivity index (χ0) is 14.5. The molecule has 2 saturated carbocycles. The lowest BCUT2D eigenvalue weighted by molar-refractivity contribution is 0.270. The van der Waals surface area contributed by atoms with Gasteiger partial charge in [0.15, 0.2) is 0 Å². The second kappa shape index (κ2) is 7.31. The molecule has 21 heavy (non-hydrogen) atoms. The van der Waals surface area contributed by atoms with Crippen molar-refractivity contribution in [3.8, 4) is 5.75 Å². The Hall–Kier alpha value is -1.02. The van der Waals surface area contributed by atoms with Gasteiger partial charge in [-0.15, -0.1) is 0 Å². The van der Waals surface area contributed by atoms with E-state index in [0.717, 1.165) is 23.6 Å². The van der Waals surface area contributed by atoms with Gasteiger partial charge in [0.25, 0.3) is 0 Å². The normalized spacial score (nSPS) is 26.3. The summed E-state index contributed by atoms with van der Waals surface area (Å²) in [6.07, 6.45) is 11.3. The molecule has 0 radical (unpaired) electrons. The third kappa shape index (κ3) is 4.00. The van der Waals surface area contributed by atoms with Crippen molar-refractivity contribution in [2.75, 3.05) is 13.7 Å². The molecule has 1 N–H and O–H groups in total. The molecule has 0 unspecified atom stereocenters. The maximum Gasteiger partial charge on any atom is 0.119 e. The number of ether oxygens (including phenoxy) is 1. The highest BCUT2D eigenvalue weighted by atomic mass is 16.5. The molecular weight excluding hydrogens is 258 g/mol. The Morgan fingerprint density at radius 2 is 1.95 bits per heavy atom. The summed E-state index contributed by atoms with van der Waals surface area (Å²) in [6.45, 7) is 1.22. The third-order valence-electron chi connectivity index (χ3n) is 5.41. The van der Waals surface area contributed by atoms with Crippen LogP contribution in [-0.4, -0.2) is 19.7 Å². The molecule has 1 aromatic rings. The molecule has 0 aliphatic heterocycles. The molecule has 0 saturated heterocycles. The first kappa shape index (κ1) is 14.9. The van der Waals surface area contributed by atoms with E-state index in [1.165, 1.54) is 63.5 Å². The fraction of sp³-hybridized carbons (Fsp3) is 0.684. The second-order valence-electron chi connectivity index (χ2n) is 6.89. The van der Waals surface area contributed by atoms with Crippen LogP contribution in [0.1, 0.15) is 62.8 Å². The molecule has 2 aliphatic carbocycles. The summed E-state index contributed by atoms with van der Waals surface area (Å²) in [5, 5.41) is 3.76. The Labute approximate surface area is 129 Å². The predicted octanol–water partition coefficient (Wildman–Crippen LogP) is 4.50. The predicted molar refractivity (Wildman–Crippen MR) is 88.0 cm³/mol. The van der Waals surface area contributed by atoms with E-state index in [9.17, 15) is 0 Å². The molecule has 2 heteroatoms. The number of methoxy groups -OCH3 is 1. The van der Waals surface area contributed by atoms with Gasteiger partial charge >= 0.3 is 0 Å². The van der Waals surface area contributed by atoms with Crippen LogP contribution in [0.15, 0.2) is 24.3 Å². The SMILES string of the molecule is COc1cccc(C2CC(NCCC3CCCCC3)C2)c1. The van der Waals surface area contributed by atoms with Gasteiger partial charge in [0.2, 0.25) is 0 Å². The van der Waals surface area contributed by atoms with Crippen LogP contribution < -0.4 is 10.1 Å². The van der Waals surface area contributed by atoms with E-state index in [0.29, 0.717) is 0 Å². The molecule has 3 rings (SSSR count). The van der Waals surface area contributed by atoms with Crippen molar-refractivity contribution < 1.29 is 4.74 Å². The summed E-state index contributed by atoms with van der Waals surface area (Å²) in [5.74, 6) is 2.72. The standard InChI is InChI=1S/C19H29NO/c1-21-19-9-5-8-16(14-19)17-12-18(13-17)20-11-10-15-6-3-2-4-7-15/h5,8-9,14-15,17-18,20H,2-4,6-7,10-13H2,1H3. The van der Waals surface area contributed by atoms with Crippen molar-refractivity contribution in [3.05, 3.63) is 29.8 Å². The molecule has 0 heterocycles. The summed E-state index contributed by atoms with van der Waals surface area (Å²) in [4.78, 5) is 0. The number of benzene rings is 1. The highest BCUT2D eigenvalue weighted by Gasteiger charge is 2.30. The summed E-state index contributed by atoms with van der Waals surface area (Å²) < 4.78 is 5.32. The van der Waals surface area contributed by atoms with Gasteiger partial charge in [0.05, 0.1) is 7.11 Å². The second-order valence-corrected chi connectivity index (χ2v) is 6.89. The van der Waals surface area contributed by atoms with E-state index in [1.54, 1.807) is 7.11 Å². The average molecular weight is 287 g/mol. The minimum atomic E-state index is 0.729. The minimum Gasteiger partial charge on any atom is -0.497 e. The largest absolute Gasteiger partial charge is 0.497 e. The van der Waals surface area contributed by atoms with Crippen LogP contribution in [0.5, 0.6) is 5.75 Å². The third-order valence-corrected chi connectivity index (χ3v) is 5.41. The maximum absolute atomic E-state index is 5.32. The molecule has 1 aromatic carbocycles. The van der Waals surface area contributed by atoms with Gasteiger partial charge in [0, 0.05) is 6.04 Å². The van der Waals surface area contributed by atoms with E-state index in [4.69, 9.17) is 4.74 Å². The van der Waals surface area contributed by atoms with Gasteiger partial charge < -0.3 is 10.1 Å². The summed E-state index contributed by atoms with van der Waals surface area (Å²) in [5.41, 5.74) is 1.44. The number of rotatable bonds is 6. The Balaban J connectivity index is 1.35. The number of hydrogen-bond donors (Lipinski definition) is 1. The van der Waals surface area contributed by atoms with E-state index in [1.807, 2.05) is 6.07 Å². The smallest absolute Gasteiger partial charge is 0.119 e. The minimum absolute atomic E-state index is 0.729. The zero-order valence-electron chi connectivity index (χ0n) is 13.3. The van der Waals surface area contributed by atoms with Crippen LogP contribution in [0.2, 0.25) is 0 Å². The molecule has 2 aliphatic rings. The zero-order valence-corrected chi connectivity index (χ0v) is 13.3. The van der Waals surface area contributed by atoms with Gasteiger partial charge in [-0.1, -0.05) is 44.2 Å². The van der Waals surface area contributed by atoms with Crippen LogP contribution in [0.4, 0.5) is 0 Å². The Morgan fingerprint density at radius 3 is 2.71 bits per heavy atom. The van der Waals surface area contributed by atoms with Gasteiger partial charge in [-0.2, -0.15) is 0 Å². The van der Waals surface area contributed by atoms with Crippen molar-refractivity contribution in [1.29, 1.82) is 0 Å². The maximum atomic E-state index is 5.32. The van der Waals surface area contributed by atoms with Gasteiger partial charge in [0.1, 0.15) is 5.75 Å².